The van der Waals surface area contributed by atoms with E-state index in [9.17, 15) is 4.79 Å². The van der Waals surface area contributed by atoms with Crippen molar-refractivity contribution >= 4 is 28.6 Å². The first-order chi connectivity index (χ1) is 11.7. The van der Waals surface area contributed by atoms with Crippen molar-refractivity contribution in [2.75, 3.05) is 12.3 Å². The standard InChI is InChI=1S/C17H19N5OS/c1-13-7-9-19-17(21-13)24-12-16(23)18-8-4-10-22-15-6-3-2-5-14(15)11-20-22/h2-3,5-7,9,11H,4,8,10,12H2,1H3,(H,18,23). The third-order valence-corrected chi connectivity index (χ3v) is 4.39. The highest BCUT2D eigenvalue weighted by Crippen LogP contribution is 2.13. The highest BCUT2D eigenvalue weighted by atomic mass is 32.2. The van der Waals surface area contributed by atoms with E-state index in [-0.39, 0.29) is 5.91 Å². The van der Waals surface area contributed by atoms with Gasteiger partial charge in [-0.3, -0.25) is 9.48 Å². The van der Waals surface area contributed by atoms with E-state index in [1.807, 2.05) is 42.1 Å². The quantitative estimate of drug-likeness (QED) is 0.406. The van der Waals surface area contributed by atoms with Gasteiger partial charge in [0.15, 0.2) is 5.16 Å². The summed E-state index contributed by atoms with van der Waals surface area (Å²) in [4.78, 5) is 20.3. The minimum atomic E-state index is -0.00423. The SMILES string of the molecule is Cc1ccnc(SCC(=O)NCCCn2ncc3ccccc32)n1. The number of carbonyl (C=O) groups is 1. The molecule has 3 aromatic rings. The molecule has 124 valence electrons. The second-order valence-corrected chi connectivity index (χ2v) is 6.34. The molecule has 0 bridgehead atoms. The van der Waals surface area contributed by atoms with E-state index in [0.717, 1.165) is 29.6 Å². The number of hydrogen-bond donors (Lipinski definition) is 1. The summed E-state index contributed by atoms with van der Waals surface area (Å²) in [5.74, 6) is 0.323. The number of para-hydroxylation sites is 1. The maximum Gasteiger partial charge on any atom is 0.230 e. The van der Waals surface area contributed by atoms with Crippen molar-refractivity contribution in [2.24, 2.45) is 0 Å². The summed E-state index contributed by atoms with van der Waals surface area (Å²) in [7, 11) is 0. The topological polar surface area (TPSA) is 72.7 Å². The first-order valence-corrected chi connectivity index (χ1v) is 8.80. The summed E-state index contributed by atoms with van der Waals surface area (Å²) in [6.07, 6.45) is 4.41. The van der Waals surface area contributed by atoms with Gasteiger partial charge in [-0.2, -0.15) is 5.10 Å². The number of rotatable bonds is 7. The van der Waals surface area contributed by atoms with E-state index in [2.05, 4.69) is 26.4 Å². The molecule has 1 amide bonds. The van der Waals surface area contributed by atoms with Crippen LogP contribution in [0.4, 0.5) is 0 Å². The van der Waals surface area contributed by atoms with E-state index in [1.54, 1.807) is 6.20 Å². The molecule has 0 aliphatic rings. The molecule has 1 N–H and O–H groups in total. The fourth-order valence-corrected chi connectivity index (χ4v) is 3.04. The third-order valence-electron chi connectivity index (χ3n) is 3.52. The normalized spacial score (nSPS) is 10.9. The van der Waals surface area contributed by atoms with E-state index in [1.165, 1.54) is 11.8 Å². The Morgan fingerprint density at radius 3 is 3.04 bits per heavy atom. The molecule has 2 heterocycles. The summed E-state index contributed by atoms with van der Waals surface area (Å²) in [5.41, 5.74) is 2.02. The van der Waals surface area contributed by atoms with Gasteiger partial charge in [-0.05, 0) is 25.5 Å². The fourth-order valence-electron chi connectivity index (χ4n) is 2.34. The smallest absolute Gasteiger partial charge is 0.230 e. The molecule has 0 saturated carbocycles. The van der Waals surface area contributed by atoms with Crippen LogP contribution in [0.3, 0.4) is 0 Å². The Morgan fingerprint density at radius 1 is 1.29 bits per heavy atom. The number of aromatic nitrogens is 4. The summed E-state index contributed by atoms with van der Waals surface area (Å²) >= 11 is 1.35. The molecule has 0 radical (unpaired) electrons. The summed E-state index contributed by atoms with van der Waals surface area (Å²) < 4.78 is 1.97. The van der Waals surface area contributed by atoms with Gasteiger partial charge in [0.05, 0.1) is 17.5 Å². The fraction of sp³-hybridized carbons (Fsp3) is 0.294. The zero-order chi connectivity index (χ0) is 16.8. The van der Waals surface area contributed by atoms with Crippen LogP contribution in [0.25, 0.3) is 10.9 Å². The molecular formula is C17H19N5OS. The minimum absolute atomic E-state index is 0.00423. The van der Waals surface area contributed by atoms with Crippen LogP contribution in [-0.4, -0.2) is 38.0 Å². The Balaban J connectivity index is 1.39. The lowest BCUT2D eigenvalue weighted by atomic mass is 10.2. The molecule has 1 aromatic carbocycles. The molecule has 0 aliphatic heterocycles. The predicted molar refractivity (Wildman–Crippen MR) is 94.9 cm³/mol. The van der Waals surface area contributed by atoms with Crippen molar-refractivity contribution in [1.82, 2.24) is 25.1 Å². The van der Waals surface area contributed by atoms with Gasteiger partial charge in [0, 0.05) is 30.4 Å². The largest absolute Gasteiger partial charge is 0.355 e. The number of benzene rings is 1. The van der Waals surface area contributed by atoms with Gasteiger partial charge in [-0.25, -0.2) is 9.97 Å². The maximum atomic E-state index is 11.9. The Morgan fingerprint density at radius 2 is 2.17 bits per heavy atom. The van der Waals surface area contributed by atoms with Crippen LogP contribution in [-0.2, 0) is 11.3 Å². The van der Waals surface area contributed by atoms with Gasteiger partial charge in [-0.15, -0.1) is 0 Å². The molecule has 0 atom stereocenters. The van der Waals surface area contributed by atoms with E-state index >= 15 is 0 Å². The van der Waals surface area contributed by atoms with Crippen LogP contribution in [0.2, 0.25) is 0 Å². The molecule has 0 fully saturated rings. The lowest BCUT2D eigenvalue weighted by molar-refractivity contribution is -0.118. The first-order valence-electron chi connectivity index (χ1n) is 7.82. The van der Waals surface area contributed by atoms with Crippen molar-refractivity contribution in [3.8, 4) is 0 Å². The minimum Gasteiger partial charge on any atom is -0.355 e. The van der Waals surface area contributed by atoms with Crippen molar-refractivity contribution in [1.29, 1.82) is 0 Å². The summed E-state index contributed by atoms with van der Waals surface area (Å²) in [5, 5.41) is 9.07. The molecule has 0 unspecified atom stereocenters. The zero-order valence-electron chi connectivity index (χ0n) is 13.5. The van der Waals surface area contributed by atoms with Crippen LogP contribution in [0.1, 0.15) is 12.1 Å². The van der Waals surface area contributed by atoms with Crippen LogP contribution >= 0.6 is 11.8 Å². The number of aryl methyl sites for hydroxylation is 2. The van der Waals surface area contributed by atoms with Gasteiger partial charge in [-0.1, -0.05) is 30.0 Å². The highest BCUT2D eigenvalue weighted by Gasteiger charge is 2.05. The molecular weight excluding hydrogens is 322 g/mol. The third kappa shape index (κ3) is 4.32. The van der Waals surface area contributed by atoms with Gasteiger partial charge >= 0.3 is 0 Å². The summed E-state index contributed by atoms with van der Waals surface area (Å²) in [6, 6.07) is 9.95. The molecule has 7 heteroatoms. The van der Waals surface area contributed by atoms with Crippen LogP contribution < -0.4 is 5.32 Å². The first kappa shape index (κ1) is 16.4. The van der Waals surface area contributed by atoms with E-state index in [4.69, 9.17) is 0 Å². The van der Waals surface area contributed by atoms with Gasteiger partial charge in [0.2, 0.25) is 5.91 Å². The average Bonchev–Trinajstić information content (AvgIpc) is 3.00. The second kappa shape index (κ2) is 7.92. The molecule has 0 saturated heterocycles. The van der Waals surface area contributed by atoms with Crippen molar-refractivity contribution in [3.63, 3.8) is 0 Å². The number of nitrogens with one attached hydrogen (secondary N) is 1. The van der Waals surface area contributed by atoms with E-state index < -0.39 is 0 Å². The molecule has 3 rings (SSSR count). The van der Waals surface area contributed by atoms with Gasteiger partial charge in [0.1, 0.15) is 0 Å². The monoisotopic (exact) mass is 341 g/mol. The number of nitrogens with zero attached hydrogens (tertiary/aromatic N) is 4. The van der Waals surface area contributed by atoms with Crippen molar-refractivity contribution < 1.29 is 4.79 Å². The average molecular weight is 341 g/mol. The van der Waals surface area contributed by atoms with Gasteiger partial charge in [0.25, 0.3) is 0 Å². The molecule has 0 spiro atoms. The Hall–Kier alpha value is -2.41. The lowest BCUT2D eigenvalue weighted by Gasteiger charge is -2.06. The zero-order valence-corrected chi connectivity index (χ0v) is 14.3. The predicted octanol–water partition coefficient (Wildman–Crippen LogP) is 2.43. The van der Waals surface area contributed by atoms with Crippen molar-refractivity contribution in [2.45, 2.75) is 25.0 Å². The van der Waals surface area contributed by atoms with Gasteiger partial charge < -0.3 is 5.32 Å². The van der Waals surface area contributed by atoms with Crippen LogP contribution in [0.5, 0.6) is 0 Å². The molecule has 2 aromatic heterocycles. The second-order valence-electron chi connectivity index (χ2n) is 5.40. The number of fused-ring (bicyclic) bond motifs is 1. The number of hydrogen-bond acceptors (Lipinski definition) is 5. The van der Waals surface area contributed by atoms with Crippen LogP contribution in [0, 0.1) is 6.92 Å². The number of carbonyl (C=O) groups excluding carboxylic acids is 1. The van der Waals surface area contributed by atoms with Crippen molar-refractivity contribution in [3.05, 3.63) is 48.4 Å². The maximum absolute atomic E-state index is 11.9. The highest BCUT2D eigenvalue weighted by molar-refractivity contribution is 7.99. The Kier molecular flexibility index (Phi) is 5.43. The Labute approximate surface area is 144 Å². The lowest BCUT2D eigenvalue weighted by Crippen LogP contribution is -2.27. The number of thioether (sulfide) groups is 1. The molecule has 6 nitrogen and oxygen atoms in total. The van der Waals surface area contributed by atoms with E-state index in [0.29, 0.717) is 17.5 Å². The molecule has 0 aliphatic carbocycles. The van der Waals surface area contributed by atoms with Crippen LogP contribution in [0.15, 0.2) is 47.9 Å². The molecule has 24 heavy (non-hydrogen) atoms. The summed E-state index contributed by atoms with van der Waals surface area (Å²) in [6.45, 7) is 3.31. The number of amides is 1. The Bertz CT molecular complexity index is 832.